The van der Waals surface area contributed by atoms with Crippen LogP contribution in [0.3, 0.4) is 0 Å². The summed E-state index contributed by atoms with van der Waals surface area (Å²) in [5.74, 6) is 1.30. The molecule has 72 valence electrons. The summed E-state index contributed by atoms with van der Waals surface area (Å²) in [6.07, 6.45) is 1.36. The van der Waals surface area contributed by atoms with Crippen molar-refractivity contribution in [3.05, 3.63) is 12.2 Å². The fraction of sp³-hybridized carbons (Fsp3) is 0.750. The van der Waals surface area contributed by atoms with Gasteiger partial charge in [-0.05, 0) is 5.92 Å². The molecule has 1 aliphatic rings. The number of nitrogens with two attached hydrogens (primary N) is 1. The average molecular weight is 182 g/mol. The quantitative estimate of drug-likeness (QED) is 0.688. The van der Waals surface area contributed by atoms with E-state index in [1.54, 1.807) is 0 Å². The van der Waals surface area contributed by atoms with Crippen molar-refractivity contribution < 1.29 is 4.52 Å². The van der Waals surface area contributed by atoms with Crippen molar-refractivity contribution in [2.75, 3.05) is 13.1 Å². The van der Waals surface area contributed by atoms with Gasteiger partial charge in [0.15, 0.2) is 5.82 Å². The van der Waals surface area contributed by atoms with Gasteiger partial charge in [0, 0.05) is 19.1 Å². The third-order valence-corrected chi connectivity index (χ3v) is 2.52. The Morgan fingerprint density at radius 2 is 2.54 bits per heavy atom. The molecule has 2 heterocycles. The highest BCUT2D eigenvalue weighted by molar-refractivity contribution is 4.87. The van der Waals surface area contributed by atoms with Crippen LogP contribution in [0.1, 0.15) is 12.7 Å². The number of rotatable bonds is 2. The Bertz CT molecular complexity index is 251. The van der Waals surface area contributed by atoms with Gasteiger partial charge in [0.25, 0.3) is 0 Å². The molecule has 2 atom stereocenters. The van der Waals surface area contributed by atoms with Gasteiger partial charge in [-0.25, -0.2) is 0 Å². The number of likely N-dealkylation sites (tertiary alicyclic amines) is 1. The van der Waals surface area contributed by atoms with Crippen LogP contribution in [0.5, 0.6) is 0 Å². The molecular weight excluding hydrogens is 168 g/mol. The van der Waals surface area contributed by atoms with Crippen molar-refractivity contribution in [2.45, 2.75) is 19.5 Å². The van der Waals surface area contributed by atoms with E-state index < -0.39 is 0 Å². The molecule has 0 bridgehead atoms. The standard InChI is InChI=1S/C8H14N4O/c1-6-2-12(3-7(6)9)4-8-10-5-13-11-8/h5-7H,2-4,9H2,1H3. The molecule has 0 radical (unpaired) electrons. The molecule has 0 aromatic carbocycles. The maximum absolute atomic E-state index is 5.89. The second-order valence-corrected chi connectivity index (χ2v) is 3.68. The van der Waals surface area contributed by atoms with Crippen LogP contribution >= 0.6 is 0 Å². The number of nitrogens with zero attached hydrogens (tertiary/aromatic N) is 3. The third kappa shape index (κ3) is 1.87. The first kappa shape index (κ1) is 8.65. The fourth-order valence-corrected chi connectivity index (χ4v) is 1.69. The fourth-order valence-electron chi connectivity index (χ4n) is 1.69. The van der Waals surface area contributed by atoms with Crippen LogP contribution in [0, 0.1) is 5.92 Å². The van der Waals surface area contributed by atoms with E-state index in [0.29, 0.717) is 5.92 Å². The number of hydrogen-bond donors (Lipinski definition) is 1. The van der Waals surface area contributed by atoms with Gasteiger partial charge >= 0.3 is 0 Å². The molecule has 0 saturated carbocycles. The maximum atomic E-state index is 5.89. The Hall–Kier alpha value is -0.940. The van der Waals surface area contributed by atoms with Crippen LogP contribution in [-0.2, 0) is 6.54 Å². The minimum absolute atomic E-state index is 0.284. The van der Waals surface area contributed by atoms with E-state index in [2.05, 4.69) is 26.5 Å². The first-order valence-electron chi connectivity index (χ1n) is 4.49. The molecule has 0 amide bonds. The van der Waals surface area contributed by atoms with E-state index in [9.17, 15) is 0 Å². The second-order valence-electron chi connectivity index (χ2n) is 3.68. The van der Waals surface area contributed by atoms with Gasteiger partial charge in [-0.2, -0.15) is 4.98 Å². The van der Waals surface area contributed by atoms with Gasteiger partial charge in [-0.15, -0.1) is 0 Å². The van der Waals surface area contributed by atoms with Gasteiger partial charge in [0.1, 0.15) is 0 Å². The van der Waals surface area contributed by atoms with Crippen LogP contribution in [0.2, 0.25) is 0 Å². The summed E-state index contributed by atoms with van der Waals surface area (Å²) in [4.78, 5) is 6.22. The topological polar surface area (TPSA) is 68.2 Å². The Morgan fingerprint density at radius 3 is 3.08 bits per heavy atom. The number of hydrogen-bond acceptors (Lipinski definition) is 5. The van der Waals surface area contributed by atoms with Gasteiger partial charge < -0.3 is 10.3 Å². The molecule has 0 spiro atoms. The minimum Gasteiger partial charge on any atom is -0.343 e. The van der Waals surface area contributed by atoms with Gasteiger partial charge in [0.2, 0.25) is 6.39 Å². The molecule has 1 saturated heterocycles. The lowest BCUT2D eigenvalue weighted by atomic mass is 10.1. The summed E-state index contributed by atoms with van der Waals surface area (Å²) < 4.78 is 4.66. The second kappa shape index (κ2) is 3.43. The van der Waals surface area contributed by atoms with E-state index in [-0.39, 0.29) is 6.04 Å². The lowest BCUT2D eigenvalue weighted by Gasteiger charge is -2.11. The van der Waals surface area contributed by atoms with E-state index in [4.69, 9.17) is 5.73 Å². The lowest BCUT2D eigenvalue weighted by Crippen LogP contribution is -2.28. The molecule has 1 aromatic heterocycles. The largest absolute Gasteiger partial charge is 0.343 e. The molecule has 2 unspecified atom stereocenters. The van der Waals surface area contributed by atoms with Crippen molar-refractivity contribution in [3.63, 3.8) is 0 Å². The molecule has 5 heteroatoms. The summed E-state index contributed by atoms with van der Waals surface area (Å²) in [6, 6.07) is 0.284. The highest BCUT2D eigenvalue weighted by atomic mass is 16.5. The normalized spacial score (nSPS) is 29.7. The average Bonchev–Trinajstić information content (AvgIpc) is 2.64. The highest BCUT2D eigenvalue weighted by Crippen LogP contribution is 2.15. The van der Waals surface area contributed by atoms with Gasteiger partial charge in [0.05, 0.1) is 6.54 Å². The van der Waals surface area contributed by atoms with Crippen LogP contribution < -0.4 is 5.73 Å². The molecule has 1 fully saturated rings. The minimum atomic E-state index is 0.284. The Kier molecular flexibility index (Phi) is 2.28. The van der Waals surface area contributed by atoms with Crippen molar-refractivity contribution in [3.8, 4) is 0 Å². The predicted molar refractivity (Wildman–Crippen MR) is 46.7 cm³/mol. The van der Waals surface area contributed by atoms with Crippen molar-refractivity contribution in [1.29, 1.82) is 0 Å². The highest BCUT2D eigenvalue weighted by Gasteiger charge is 2.26. The number of aromatic nitrogens is 2. The summed E-state index contributed by atoms with van der Waals surface area (Å²) in [5.41, 5.74) is 5.89. The third-order valence-electron chi connectivity index (χ3n) is 2.52. The van der Waals surface area contributed by atoms with E-state index in [0.717, 1.165) is 25.5 Å². The van der Waals surface area contributed by atoms with Crippen molar-refractivity contribution in [1.82, 2.24) is 15.0 Å². The van der Waals surface area contributed by atoms with E-state index in [1.807, 2.05) is 0 Å². The van der Waals surface area contributed by atoms with Crippen LogP contribution in [0.15, 0.2) is 10.9 Å². The van der Waals surface area contributed by atoms with Gasteiger partial charge in [-0.3, -0.25) is 4.90 Å². The molecule has 1 aromatic rings. The smallest absolute Gasteiger partial charge is 0.213 e. The van der Waals surface area contributed by atoms with Crippen molar-refractivity contribution in [2.24, 2.45) is 11.7 Å². The molecule has 13 heavy (non-hydrogen) atoms. The van der Waals surface area contributed by atoms with Gasteiger partial charge in [-0.1, -0.05) is 12.1 Å². The molecule has 5 nitrogen and oxygen atoms in total. The Labute approximate surface area is 76.9 Å². The summed E-state index contributed by atoms with van der Waals surface area (Å²) in [5, 5.41) is 3.76. The molecular formula is C8H14N4O. The summed E-state index contributed by atoms with van der Waals surface area (Å²) in [7, 11) is 0. The van der Waals surface area contributed by atoms with E-state index >= 15 is 0 Å². The van der Waals surface area contributed by atoms with Crippen LogP contribution in [-0.4, -0.2) is 34.2 Å². The predicted octanol–water partition coefficient (Wildman–Crippen LogP) is -0.151. The van der Waals surface area contributed by atoms with Crippen LogP contribution in [0.4, 0.5) is 0 Å². The zero-order chi connectivity index (χ0) is 9.26. The van der Waals surface area contributed by atoms with Crippen LogP contribution in [0.25, 0.3) is 0 Å². The monoisotopic (exact) mass is 182 g/mol. The summed E-state index contributed by atoms with van der Waals surface area (Å²) in [6.45, 7) is 4.86. The first-order chi connectivity index (χ1) is 6.25. The first-order valence-corrected chi connectivity index (χ1v) is 4.49. The Balaban J connectivity index is 1.91. The van der Waals surface area contributed by atoms with Crippen molar-refractivity contribution >= 4 is 0 Å². The zero-order valence-corrected chi connectivity index (χ0v) is 7.68. The molecule has 1 aliphatic heterocycles. The lowest BCUT2D eigenvalue weighted by molar-refractivity contribution is 0.301. The maximum Gasteiger partial charge on any atom is 0.213 e. The molecule has 2 rings (SSSR count). The SMILES string of the molecule is CC1CN(Cc2ncon2)CC1N. The Morgan fingerprint density at radius 1 is 1.69 bits per heavy atom. The molecule has 2 N–H and O–H groups in total. The molecule has 0 aliphatic carbocycles. The van der Waals surface area contributed by atoms with E-state index in [1.165, 1.54) is 6.39 Å². The zero-order valence-electron chi connectivity index (χ0n) is 7.68. The summed E-state index contributed by atoms with van der Waals surface area (Å²) >= 11 is 0.